The fraction of sp³-hybridized carbons (Fsp3) is 0.0952. The maximum absolute atomic E-state index is 14.3. The molecule has 24 heteroatoms. The summed E-state index contributed by atoms with van der Waals surface area (Å²) >= 11 is -2.64. The number of nitrogens with one attached hydrogen (secondary N) is 2. The van der Waals surface area contributed by atoms with E-state index >= 15 is 0 Å². The second kappa shape index (κ2) is 25.4. The van der Waals surface area contributed by atoms with Crippen molar-refractivity contribution in [1.29, 1.82) is 0 Å². The number of halogens is 4. The molecule has 1 unspecified atom stereocenters. The Morgan fingerprint density at radius 1 is 0.701 bits per heavy atom. The normalized spacial score (nSPS) is 14.4. The van der Waals surface area contributed by atoms with Gasteiger partial charge in [-0.2, -0.15) is 0 Å². The molecule has 18 nitrogen and oxygen atoms in total. The Hall–Kier alpha value is -10.4. The molecule has 2 fully saturated rings. The van der Waals surface area contributed by atoms with Crippen molar-refractivity contribution in [2.75, 3.05) is 36.5 Å². The number of benzene rings is 6. The lowest BCUT2D eigenvalue weighted by atomic mass is 9.97. The minimum atomic E-state index is -4.46. The zero-order valence-electron chi connectivity index (χ0n) is 45.7. The quantitative estimate of drug-likeness (QED) is 0.0420. The van der Waals surface area contributed by atoms with Crippen molar-refractivity contribution in [1.82, 2.24) is 24.8 Å². The van der Waals surface area contributed by atoms with Gasteiger partial charge in [-0.1, -0.05) is 43.0 Å². The SMILES string of the molecule is C=CC(=O)Nc1ccc(-c2ccnc3ccc(-c4cnc(OC)c(N)c4)cc23)cc1.COc1ncc(-c2ccc3nccc(-c4ccc(C(=O)N5C[C@H]6C[C@@H]5C(=O)O6)cc4)c3c2)cc1NS(=O)(=O)c1ccc(F)cc1F.O=S([O-])c1ccc(F)cc1F. The molecule has 0 spiro atoms. The second-order valence-electron chi connectivity index (χ2n) is 19.4. The molecule has 0 saturated carbocycles. The number of anilines is 3. The molecule has 6 heterocycles. The van der Waals surface area contributed by atoms with Crippen LogP contribution in [-0.4, -0.2) is 92.7 Å². The number of ether oxygens (including phenoxy) is 3. The van der Waals surface area contributed by atoms with Crippen LogP contribution in [0, 0.1) is 23.3 Å². The van der Waals surface area contributed by atoms with E-state index in [1.165, 1.54) is 25.4 Å². The Kier molecular flexibility index (Phi) is 17.4. The van der Waals surface area contributed by atoms with E-state index in [1.807, 2.05) is 78.9 Å². The number of carbonyl (C=O) groups excluding carboxylic acids is 3. The number of morpholine rings is 1. The predicted octanol–water partition coefficient (Wildman–Crippen LogP) is 11.1. The molecule has 4 aromatic heterocycles. The van der Waals surface area contributed by atoms with Crippen LogP contribution in [0.5, 0.6) is 11.8 Å². The summed E-state index contributed by atoms with van der Waals surface area (Å²) in [6, 6.07) is 37.4. The number of pyridine rings is 4. The lowest BCUT2D eigenvalue weighted by Crippen LogP contribution is -2.44. The van der Waals surface area contributed by atoms with Crippen LogP contribution in [-0.2, 0) is 35.4 Å². The standard InChI is InChI=1S/C33H24F2N4O6S.C24H20N4O2.C6H4F2O2S/c1-44-31-28(38-46(42,43)30-9-7-22(34)14-26(30)35)13-21(16-37-31)20-6-8-27-25(12-20)24(10-11-36-27)18-2-4-19(5-3-18)32(40)39-17-23-15-29(39)33(41)45-23;1-3-23(29)28-18-7-4-15(5-8-18)19-10-11-26-22-9-6-16(12-20(19)22)17-13-21(25)24(30-2)27-14-17;7-4-1-2-6(11(9)10)5(8)3-4/h2-14,16,23,29,38H,15,17H2,1H3;3-14H,1,25H2,2H3,(H,28,29);1-3H,(H,9,10)/p-1/t23-,29-;;/m1../s1. The first-order valence-corrected chi connectivity index (χ1v) is 28.7. The van der Waals surface area contributed by atoms with Crippen LogP contribution >= 0.6 is 0 Å². The number of methoxy groups -OCH3 is 2. The first-order chi connectivity index (χ1) is 41.8. The third-order valence-electron chi connectivity index (χ3n) is 13.9. The highest BCUT2D eigenvalue weighted by molar-refractivity contribution is 7.92. The van der Waals surface area contributed by atoms with Gasteiger partial charge < -0.3 is 34.7 Å². The van der Waals surface area contributed by atoms with Crippen LogP contribution in [0.1, 0.15) is 16.8 Å². The van der Waals surface area contributed by atoms with Gasteiger partial charge in [0.2, 0.25) is 17.7 Å². The molecule has 2 amide bonds. The number of likely N-dealkylation sites (tertiary alicyclic amines) is 1. The average Bonchev–Trinajstić information content (AvgIpc) is 2.32. The summed E-state index contributed by atoms with van der Waals surface area (Å²) in [5, 5.41) is 4.54. The first kappa shape index (κ1) is 59.7. The van der Waals surface area contributed by atoms with Gasteiger partial charge in [-0.3, -0.25) is 28.5 Å². The molecule has 440 valence electrons. The van der Waals surface area contributed by atoms with E-state index < -0.39 is 60.2 Å². The second-order valence-corrected chi connectivity index (χ2v) is 21.9. The summed E-state index contributed by atoms with van der Waals surface area (Å²) in [6.07, 6.45) is 8.24. The Bertz CT molecular complexity index is 4490. The topological polar surface area (TPSA) is 258 Å². The average molecular weight is 1220 g/mol. The zero-order valence-corrected chi connectivity index (χ0v) is 47.4. The van der Waals surface area contributed by atoms with Crippen LogP contribution in [0.15, 0.2) is 193 Å². The van der Waals surface area contributed by atoms with Gasteiger partial charge in [0.25, 0.3) is 15.9 Å². The van der Waals surface area contributed by atoms with Crippen molar-refractivity contribution in [2.45, 2.75) is 28.4 Å². The lowest BCUT2D eigenvalue weighted by Gasteiger charge is -2.25. The zero-order chi connectivity index (χ0) is 61.7. The largest absolute Gasteiger partial charge is 0.768 e. The van der Waals surface area contributed by atoms with Gasteiger partial charge in [0.05, 0.1) is 42.4 Å². The number of esters is 1. The highest BCUT2D eigenvalue weighted by atomic mass is 32.2. The van der Waals surface area contributed by atoms with E-state index in [4.69, 9.17) is 19.9 Å². The van der Waals surface area contributed by atoms with E-state index in [-0.39, 0.29) is 35.5 Å². The van der Waals surface area contributed by atoms with Crippen molar-refractivity contribution in [3.8, 4) is 56.3 Å². The molecule has 3 atom stereocenters. The van der Waals surface area contributed by atoms with E-state index in [1.54, 1.807) is 48.8 Å². The fourth-order valence-electron chi connectivity index (χ4n) is 9.76. The summed E-state index contributed by atoms with van der Waals surface area (Å²) in [7, 11) is -1.61. The molecule has 2 aliphatic rings. The predicted molar refractivity (Wildman–Crippen MR) is 317 cm³/mol. The molecule has 2 saturated heterocycles. The molecule has 6 aromatic carbocycles. The molecular weight excluding hydrogens is 1170 g/mol. The summed E-state index contributed by atoms with van der Waals surface area (Å²) < 4.78 is 117. The third-order valence-corrected chi connectivity index (χ3v) is 16.0. The molecule has 2 aliphatic heterocycles. The van der Waals surface area contributed by atoms with Gasteiger partial charge in [-0.05, 0) is 148 Å². The Morgan fingerprint density at radius 3 is 1.78 bits per heavy atom. The van der Waals surface area contributed by atoms with Gasteiger partial charge in [0, 0.05) is 76.5 Å². The maximum Gasteiger partial charge on any atom is 0.329 e. The van der Waals surface area contributed by atoms with Gasteiger partial charge in [0.1, 0.15) is 46.0 Å². The monoisotopic (exact) mass is 1220 g/mol. The summed E-state index contributed by atoms with van der Waals surface area (Å²) in [5.41, 5.74) is 16.0. The number of aromatic nitrogens is 4. The van der Waals surface area contributed by atoms with Crippen LogP contribution in [0.4, 0.5) is 34.6 Å². The van der Waals surface area contributed by atoms with Crippen LogP contribution in [0.3, 0.4) is 0 Å². The van der Waals surface area contributed by atoms with E-state index in [2.05, 4.69) is 42.6 Å². The number of carbonyl (C=O) groups is 3. The minimum Gasteiger partial charge on any atom is -0.768 e. The van der Waals surface area contributed by atoms with Gasteiger partial charge in [-0.15, -0.1) is 0 Å². The van der Waals surface area contributed by atoms with E-state index in [0.717, 1.165) is 73.9 Å². The third kappa shape index (κ3) is 13.1. The highest BCUT2D eigenvalue weighted by Gasteiger charge is 2.48. The Morgan fingerprint density at radius 2 is 1.25 bits per heavy atom. The van der Waals surface area contributed by atoms with E-state index in [0.29, 0.717) is 64.6 Å². The van der Waals surface area contributed by atoms with Crippen LogP contribution < -0.4 is 25.2 Å². The van der Waals surface area contributed by atoms with Gasteiger partial charge in [-0.25, -0.2) is 40.7 Å². The molecule has 4 N–H and O–H groups in total. The molecule has 12 rings (SSSR count). The number of nitrogens with zero attached hydrogens (tertiary/aromatic N) is 5. The number of nitrogen functional groups attached to an aromatic ring is 1. The van der Waals surface area contributed by atoms with Crippen molar-refractivity contribution in [3.05, 3.63) is 212 Å². The molecule has 0 radical (unpaired) electrons. The number of fused-ring (bicyclic) bond motifs is 4. The van der Waals surface area contributed by atoms with Gasteiger partial charge in [0.15, 0.2) is 0 Å². The van der Waals surface area contributed by atoms with Crippen molar-refractivity contribution in [3.63, 3.8) is 0 Å². The van der Waals surface area contributed by atoms with Crippen molar-refractivity contribution in [2.24, 2.45) is 0 Å². The summed E-state index contributed by atoms with van der Waals surface area (Å²) in [6.45, 7) is 3.86. The van der Waals surface area contributed by atoms with Crippen LogP contribution in [0.2, 0.25) is 0 Å². The number of nitrogens with two attached hydrogens (primary N) is 1. The van der Waals surface area contributed by atoms with Crippen molar-refractivity contribution < 1.29 is 63.3 Å². The Labute approximate surface area is 496 Å². The van der Waals surface area contributed by atoms with Gasteiger partial charge >= 0.3 is 5.97 Å². The lowest BCUT2D eigenvalue weighted by molar-refractivity contribution is -0.149. The summed E-state index contributed by atoms with van der Waals surface area (Å²) in [5.74, 6) is -4.48. The maximum atomic E-state index is 14.3. The highest BCUT2D eigenvalue weighted by Crippen LogP contribution is 2.37. The molecule has 0 aliphatic carbocycles. The van der Waals surface area contributed by atoms with Crippen LogP contribution in [0.25, 0.3) is 66.3 Å². The number of amides is 2. The molecule has 2 bridgehead atoms. The van der Waals surface area contributed by atoms with Crippen molar-refractivity contribution >= 4 is 77.8 Å². The number of hydrogen-bond donors (Lipinski definition) is 3. The van der Waals surface area contributed by atoms with E-state index in [9.17, 15) is 49.1 Å². The summed E-state index contributed by atoms with van der Waals surface area (Å²) in [4.78, 5) is 54.4. The Balaban J connectivity index is 0.000000174. The fourth-order valence-corrected chi connectivity index (χ4v) is 11.3. The number of sulfonamides is 1. The molecule has 10 aromatic rings. The molecular formula is C63H47F4N8O10S2-. The number of rotatable bonds is 13. The molecule has 87 heavy (non-hydrogen) atoms. The first-order valence-electron chi connectivity index (χ1n) is 26.1. The number of hydrogen-bond acceptors (Lipinski definition) is 15. The minimum absolute atomic E-state index is 0.0463. The smallest absolute Gasteiger partial charge is 0.329 e.